The molecule has 0 aliphatic rings. The summed E-state index contributed by atoms with van der Waals surface area (Å²) < 4.78 is 10.8. The standard InChI is InChI=1S/C22H30N4O3.HI/c1-15(19-14-18(28-4)9-10-20(19)29-5)26-22(24-3)25-12-11-16-7-6-8-17(13-16)21(27)23-2;/h6-10,13-15H,11-12H2,1-5H3,(H,23,27)(H2,24,25,26);1H. The summed E-state index contributed by atoms with van der Waals surface area (Å²) in [4.78, 5) is 16.1. The van der Waals surface area contributed by atoms with Crippen molar-refractivity contribution >= 4 is 35.8 Å². The third-order valence-electron chi connectivity index (χ3n) is 4.60. The molecule has 0 saturated carbocycles. The van der Waals surface area contributed by atoms with E-state index in [4.69, 9.17) is 9.47 Å². The van der Waals surface area contributed by atoms with Crippen molar-refractivity contribution in [1.29, 1.82) is 0 Å². The lowest BCUT2D eigenvalue weighted by Crippen LogP contribution is -2.39. The molecule has 0 radical (unpaired) electrons. The number of nitrogens with one attached hydrogen (secondary N) is 3. The zero-order chi connectivity index (χ0) is 21.2. The second-order valence-corrected chi connectivity index (χ2v) is 6.50. The number of carbonyl (C=O) groups is 1. The van der Waals surface area contributed by atoms with Gasteiger partial charge in [-0.2, -0.15) is 0 Å². The van der Waals surface area contributed by atoms with Crippen molar-refractivity contribution in [2.24, 2.45) is 4.99 Å². The van der Waals surface area contributed by atoms with Gasteiger partial charge in [-0.25, -0.2) is 0 Å². The average Bonchev–Trinajstić information content (AvgIpc) is 2.77. The minimum atomic E-state index is -0.0849. The van der Waals surface area contributed by atoms with Gasteiger partial charge >= 0.3 is 0 Å². The predicted octanol–water partition coefficient (Wildman–Crippen LogP) is 3.15. The van der Waals surface area contributed by atoms with Gasteiger partial charge < -0.3 is 25.4 Å². The molecular weight excluding hydrogens is 495 g/mol. The monoisotopic (exact) mass is 526 g/mol. The van der Waals surface area contributed by atoms with Gasteiger partial charge in [0.25, 0.3) is 5.91 Å². The Morgan fingerprint density at radius 1 is 1.13 bits per heavy atom. The second kappa shape index (κ2) is 12.9. The molecular formula is C22H31IN4O3. The van der Waals surface area contributed by atoms with Gasteiger partial charge in [0.2, 0.25) is 0 Å². The highest BCUT2D eigenvalue weighted by molar-refractivity contribution is 14.0. The Labute approximate surface area is 195 Å². The van der Waals surface area contributed by atoms with E-state index in [0.29, 0.717) is 18.1 Å². The van der Waals surface area contributed by atoms with Crippen molar-refractivity contribution in [1.82, 2.24) is 16.0 Å². The van der Waals surface area contributed by atoms with E-state index in [2.05, 4.69) is 20.9 Å². The quantitative estimate of drug-likeness (QED) is 0.280. The van der Waals surface area contributed by atoms with Crippen molar-refractivity contribution in [3.8, 4) is 11.5 Å². The largest absolute Gasteiger partial charge is 0.497 e. The van der Waals surface area contributed by atoms with Crippen molar-refractivity contribution < 1.29 is 14.3 Å². The van der Waals surface area contributed by atoms with Crippen LogP contribution in [0.2, 0.25) is 0 Å². The Morgan fingerprint density at radius 2 is 1.90 bits per heavy atom. The molecule has 0 aliphatic heterocycles. The molecule has 164 valence electrons. The van der Waals surface area contributed by atoms with Crippen LogP contribution in [-0.4, -0.2) is 46.7 Å². The van der Waals surface area contributed by atoms with Crippen molar-refractivity contribution in [3.63, 3.8) is 0 Å². The van der Waals surface area contributed by atoms with Crippen LogP contribution in [0.15, 0.2) is 47.5 Å². The zero-order valence-electron chi connectivity index (χ0n) is 18.1. The lowest BCUT2D eigenvalue weighted by molar-refractivity contribution is 0.0963. The van der Waals surface area contributed by atoms with Gasteiger partial charge in [-0.1, -0.05) is 12.1 Å². The molecule has 0 spiro atoms. The highest BCUT2D eigenvalue weighted by atomic mass is 127. The van der Waals surface area contributed by atoms with E-state index in [1.165, 1.54) is 0 Å². The smallest absolute Gasteiger partial charge is 0.251 e. The average molecular weight is 526 g/mol. The molecule has 7 nitrogen and oxygen atoms in total. The lowest BCUT2D eigenvalue weighted by Gasteiger charge is -2.21. The highest BCUT2D eigenvalue weighted by Gasteiger charge is 2.14. The number of aliphatic imine (C=N–C) groups is 1. The van der Waals surface area contributed by atoms with E-state index in [1.54, 1.807) is 34.4 Å². The summed E-state index contributed by atoms with van der Waals surface area (Å²) >= 11 is 0. The van der Waals surface area contributed by atoms with E-state index >= 15 is 0 Å². The van der Waals surface area contributed by atoms with Crippen LogP contribution in [0, 0.1) is 0 Å². The Bertz CT molecular complexity index is 858. The Morgan fingerprint density at radius 3 is 2.53 bits per heavy atom. The van der Waals surface area contributed by atoms with Gasteiger partial charge in [0.1, 0.15) is 11.5 Å². The molecule has 1 unspecified atom stereocenters. The number of rotatable bonds is 8. The van der Waals surface area contributed by atoms with E-state index < -0.39 is 0 Å². The van der Waals surface area contributed by atoms with Crippen LogP contribution in [0.25, 0.3) is 0 Å². The molecule has 2 aromatic carbocycles. The Kier molecular flexibility index (Phi) is 11.0. The van der Waals surface area contributed by atoms with Gasteiger partial charge in [-0.05, 0) is 49.2 Å². The SMILES string of the molecule is CN=C(NCCc1cccc(C(=O)NC)c1)NC(C)c1cc(OC)ccc1OC.I. The van der Waals surface area contributed by atoms with Gasteiger partial charge in [-0.3, -0.25) is 9.79 Å². The Hall–Kier alpha value is -2.49. The number of methoxy groups -OCH3 is 2. The van der Waals surface area contributed by atoms with Crippen LogP contribution in [0.3, 0.4) is 0 Å². The van der Waals surface area contributed by atoms with Crippen molar-refractivity contribution in [3.05, 3.63) is 59.2 Å². The molecule has 2 rings (SSSR count). The van der Waals surface area contributed by atoms with E-state index in [0.717, 1.165) is 29.0 Å². The van der Waals surface area contributed by atoms with E-state index in [-0.39, 0.29) is 35.9 Å². The number of hydrogen-bond donors (Lipinski definition) is 3. The minimum absolute atomic E-state index is 0. The topological polar surface area (TPSA) is 84.0 Å². The summed E-state index contributed by atoms with van der Waals surface area (Å²) in [6.45, 7) is 2.72. The second-order valence-electron chi connectivity index (χ2n) is 6.50. The van der Waals surface area contributed by atoms with Crippen molar-refractivity contribution in [2.75, 3.05) is 34.9 Å². The molecule has 1 atom stereocenters. The number of ether oxygens (including phenoxy) is 2. The fourth-order valence-electron chi connectivity index (χ4n) is 2.99. The molecule has 8 heteroatoms. The van der Waals surface area contributed by atoms with E-state index in [1.807, 2.05) is 43.3 Å². The minimum Gasteiger partial charge on any atom is -0.497 e. The molecule has 0 heterocycles. The summed E-state index contributed by atoms with van der Waals surface area (Å²) in [6, 6.07) is 13.3. The lowest BCUT2D eigenvalue weighted by atomic mass is 10.1. The fraction of sp³-hybridized carbons (Fsp3) is 0.364. The summed E-state index contributed by atoms with van der Waals surface area (Å²) in [5.41, 5.74) is 2.72. The third kappa shape index (κ3) is 7.08. The molecule has 0 saturated heterocycles. The Balaban J connectivity index is 0.00000450. The summed E-state index contributed by atoms with van der Waals surface area (Å²) in [5.74, 6) is 2.16. The number of amides is 1. The van der Waals surface area contributed by atoms with Crippen LogP contribution >= 0.6 is 24.0 Å². The molecule has 0 fully saturated rings. The maximum absolute atomic E-state index is 11.8. The summed E-state index contributed by atoms with van der Waals surface area (Å²) in [7, 11) is 6.66. The van der Waals surface area contributed by atoms with Gasteiger partial charge in [-0.15, -0.1) is 24.0 Å². The van der Waals surface area contributed by atoms with Gasteiger partial charge in [0.05, 0.1) is 20.3 Å². The molecule has 2 aromatic rings. The molecule has 0 aromatic heterocycles. The van der Waals surface area contributed by atoms with Crippen LogP contribution < -0.4 is 25.4 Å². The van der Waals surface area contributed by atoms with Crippen LogP contribution in [-0.2, 0) is 6.42 Å². The maximum Gasteiger partial charge on any atom is 0.251 e. The van der Waals surface area contributed by atoms with Crippen LogP contribution in [0.5, 0.6) is 11.5 Å². The van der Waals surface area contributed by atoms with Crippen molar-refractivity contribution in [2.45, 2.75) is 19.4 Å². The van der Waals surface area contributed by atoms with E-state index in [9.17, 15) is 4.79 Å². The summed E-state index contributed by atoms with van der Waals surface area (Å²) in [5, 5.41) is 9.33. The third-order valence-corrected chi connectivity index (χ3v) is 4.60. The molecule has 1 amide bonds. The molecule has 30 heavy (non-hydrogen) atoms. The molecule has 0 aliphatic carbocycles. The zero-order valence-corrected chi connectivity index (χ0v) is 20.4. The number of hydrogen-bond acceptors (Lipinski definition) is 4. The number of nitrogens with zero attached hydrogens (tertiary/aromatic N) is 1. The number of guanidine groups is 1. The molecule has 0 bridgehead atoms. The first-order valence-corrected chi connectivity index (χ1v) is 9.52. The summed E-state index contributed by atoms with van der Waals surface area (Å²) in [6.07, 6.45) is 0.766. The number of benzene rings is 2. The maximum atomic E-state index is 11.8. The first kappa shape index (κ1) is 25.5. The van der Waals surface area contributed by atoms with Gasteiger partial charge in [0.15, 0.2) is 5.96 Å². The van der Waals surface area contributed by atoms with Gasteiger partial charge in [0, 0.05) is 31.8 Å². The van der Waals surface area contributed by atoms with Crippen LogP contribution in [0.4, 0.5) is 0 Å². The number of halogens is 1. The first-order valence-electron chi connectivity index (χ1n) is 9.52. The fourth-order valence-corrected chi connectivity index (χ4v) is 2.99. The first-order chi connectivity index (χ1) is 14.0. The predicted molar refractivity (Wildman–Crippen MR) is 131 cm³/mol. The highest BCUT2D eigenvalue weighted by Crippen LogP contribution is 2.29. The van der Waals surface area contributed by atoms with Crippen LogP contribution in [0.1, 0.15) is 34.5 Å². The molecule has 3 N–H and O–H groups in total. The normalized spacial score (nSPS) is 11.7. The number of carbonyl (C=O) groups excluding carboxylic acids is 1.